The summed E-state index contributed by atoms with van der Waals surface area (Å²) in [6.45, 7) is 0. The van der Waals surface area contributed by atoms with Crippen molar-refractivity contribution in [2.45, 2.75) is 43.5 Å². The van der Waals surface area contributed by atoms with E-state index in [4.69, 9.17) is 23.2 Å². The van der Waals surface area contributed by atoms with Crippen LogP contribution in [0.3, 0.4) is 0 Å². The third-order valence-corrected chi connectivity index (χ3v) is 3.74. The minimum atomic E-state index is 0.208. The quantitative estimate of drug-likeness (QED) is 0.639. The number of halogens is 2. The summed E-state index contributed by atoms with van der Waals surface area (Å²) in [4.78, 5) is 4.24. The first kappa shape index (κ1) is 12.0. The molecule has 0 saturated heterocycles. The monoisotopic (exact) mass is 258 g/mol. The molecule has 2 rings (SSSR count). The third kappa shape index (κ3) is 3.26. The van der Waals surface area contributed by atoms with E-state index in [1.54, 1.807) is 6.20 Å². The Morgan fingerprint density at radius 1 is 1.19 bits per heavy atom. The Balaban J connectivity index is 1.99. The van der Waals surface area contributed by atoms with Gasteiger partial charge in [-0.25, -0.2) is 4.98 Å². The van der Waals surface area contributed by atoms with Crippen LogP contribution in [-0.2, 0) is 0 Å². The average Bonchev–Trinajstić information content (AvgIpc) is 2.48. The van der Waals surface area contributed by atoms with E-state index in [9.17, 15) is 0 Å². The molecule has 1 aliphatic carbocycles. The van der Waals surface area contributed by atoms with Crippen molar-refractivity contribution in [2.75, 3.05) is 5.32 Å². The third-order valence-electron chi connectivity index (χ3n) is 2.99. The van der Waals surface area contributed by atoms with Gasteiger partial charge in [0.05, 0.1) is 10.4 Å². The summed E-state index contributed by atoms with van der Waals surface area (Å²) in [5.74, 6) is 0.863. The molecular formula is C12H16Cl2N2. The maximum absolute atomic E-state index is 6.35. The van der Waals surface area contributed by atoms with E-state index in [0.29, 0.717) is 11.1 Å². The lowest BCUT2D eigenvalue weighted by Gasteiger charge is -2.21. The Hall–Kier alpha value is -0.470. The molecule has 1 fully saturated rings. The fourth-order valence-electron chi connectivity index (χ4n) is 2.08. The van der Waals surface area contributed by atoms with E-state index in [0.717, 1.165) is 18.7 Å². The molecule has 0 radical (unpaired) electrons. The molecule has 2 atom stereocenters. The summed E-state index contributed by atoms with van der Waals surface area (Å²) in [6.07, 6.45) is 7.64. The molecule has 1 saturated carbocycles. The predicted octanol–water partition coefficient (Wildman–Crippen LogP) is 4.09. The minimum Gasteiger partial charge on any atom is -0.366 e. The number of hydrogen-bond acceptors (Lipinski definition) is 2. The topological polar surface area (TPSA) is 24.9 Å². The van der Waals surface area contributed by atoms with Crippen LogP contribution in [0.25, 0.3) is 0 Å². The highest BCUT2D eigenvalue weighted by Crippen LogP contribution is 2.24. The van der Waals surface area contributed by atoms with Crippen LogP contribution < -0.4 is 5.32 Å². The van der Waals surface area contributed by atoms with Gasteiger partial charge in [0.1, 0.15) is 5.82 Å². The van der Waals surface area contributed by atoms with E-state index in [-0.39, 0.29) is 5.38 Å². The van der Waals surface area contributed by atoms with Crippen LogP contribution >= 0.6 is 23.2 Å². The van der Waals surface area contributed by atoms with Gasteiger partial charge in [-0.1, -0.05) is 30.9 Å². The van der Waals surface area contributed by atoms with Crippen molar-refractivity contribution in [2.24, 2.45) is 0 Å². The van der Waals surface area contributed by atoms with Crippen molar-refractivity contribution in [1.82, 2.24) is 4.98 Å². The van der Waals surface area contributed by atoms with Gasteiger partial charge in [-0.05, 0) is 25.0 Å². The van der Waals surface area contributed by atoms with E-state index in [1.807, 2.05) is 12.1 Å². The van der Waals surface area contributed by atoms with Gasteiger partial charge in [0.25, 0.3) is 0 Å². The molecular weight excluding hydrogens is 243 g/mol. The summed E-state index contributed by atoms with van der Waals surface area (Å²) in [5.41, 5.74) is 0. The molecule has 1 aromatic heterocycles. The molecule has 2 nitrogen and oxygen atoms in total. The Kier molecular flexibility index (Phi) is 4.30. The van der Waals surface area contributed by atoms with E-state index in [1.165, 1.54) is 19.3 Å². The molecule has 0 aromatic carbocycles. The van der Waals surface area contributed by atoms with Crippen LogP contribution in [0.1, 0.15) is 32.1 Å². The minimum absolute atomic E-state index is 0.208. The first-order chi connectivity index (χ1) is 7.75. The second kappa shape index (κ2) is 5.74. The number of alkyl halides is 1. The number of nitrogens with zero attached hydrogens (tertiary/aromatic N) is 1. The second-order valence-electron chi connectivity index (χ2n) is 4.27. The summed E-state index contributed by atoms with van der Waals surface area (Å²) in [6, 6.07) is 4.08. The van der Waals surface area contributed by atoms with Crippen LogP contribution in [0.2, 0.25) is 5.02 Å². The number of pyridine rings is 1. The van der Waals surface area contributed by atoms with Crippen LogP contribution in [-0.4, -0.2) is 16.4 Å². The van der Waals surface area contributed by atoms with E-state index >= 15 is 0 Å². The van der Waals surface area contributed by atoms with Crippen LogP contribution in [0, 0.1) is 0 Å². The summed E-state index contributed by atoms with van der Waals surface area (Å²) < 4.78 is 0. The van der Waals surface area contributed by atoms with Gasteiger partial charge in [0.2, 0.25) is 0 Å². The second-order valence-corrected chi connectivity index (χ2v) is 5.26. The van der Waals surface area contributed by atoms with Gasteiger partial charge in [0.15, 0.2) is 0 Å². The van der Waals surface area contributed by atoms with Crippen LogP contribution in [0.5, 0.6) is 0 Å². The van der Waals surface area contributed by atoms with E-state index in [2.05, 4.69) is 10.3 Å². The highest BCUT2D eigenvalue weighted by Gasteiger charge is 2.21. The number of hydrogen-bond donors (Lipinski definition) is 1. The first-order valence-corrected chi connectivity index (χ1v) is 6.59. The first-order valence-electron chi connectivity index (χ1n) is 5.78. The summed E-state index contributed by atoms with van der Waals surface area (Å²) in [5, 5.41) is 4.27. The molecule has 0 bridgehead atoms. The number of aromatic nitrogens is 1. The Bertz CT molecular complexity index is 326. The Morgan fingerprint density at radius 2 is 2.00 bits per heavy atom. The summed E-state index contributed by atoms with van der Waals surface area (Å²) >= 11 is 12.1. The molecule has 1 N–H and O–H groups in total. The smallest absolute Gasteiger partial charge is 0.126 e. The van der Waals surface area contributed by atoms with Gasteiger partial charge in [-0.2, -0.15) is 0 Å². The molecule has 0 amide bonds. The standard InChI is InChI=1S/C12H16Cl2N2/c13-9-6-7-12(15-8-9)16-11-5-3-1-2-4-10(11)14/h6-8,10-11H,1-5H2,(H,15,16). The fraction of sp³-hybridized carbons (Fsp3) is 0.583. The lowest BCUT2D eigenvalue weighted by molar-refractivity contribution is 0.625. The number of rotatable bonds is 2. The van der Waals surface area contributed by atoms with Gasteiger partial charge in [-0.3, -0.25) is 0 Å². The zero-order chi connectivity index (χ0) is 11.4. The van der Waals surface area contributed by atoms with Gasteiger partial charge in [-0.15, -0.1) is 11.6 Å². The maximum atomic E-state index is 6.35. The molecule has 88 valence electrons. The molecule has 4 heteroatoms. The van der Waals surface area contributed by atoms with Crippen LogP contribution in [0.15, 0.2) is 18.3 Å². The molecule has 1 aromatic rings. The molecule has 1 heterocycles. The highest BCUT2D eigenvalue weighted by molar-refractivity contribution is 6.30. The fourth-order valence-corrected chi connectivity index (χ4v) is 2.53. The maximum Gasteiger partial charge on any atom is 0.126 e. The van der Waals surface area contributed by atoms with Crippen molar-refractivity contribution < 1.29 is 0 Å². The molecule has 0 spiro atoms. The van der Waals surface area contributed by atoms with Crippen molar-refractivity contribution in [1.29, 1.82) is 0 Å². The van der Waals surface area contributed by atoms with Gasteiger partial charge >= 0.3 is 0 Å². The van der Waals surface area contributed by atoms with Crippen molar-refractivity contribution in [3.8, 4) is 0 Å². The van der Waals surface area contributed by atoms with Gasteiger partial charge in [0, 0.05) is 12.2 Å². The lowest BCUT2D eigenvalue weighted by Crippen LogP contribution is -2.29. The summed E-state index contributed by atoms with van der Waals surface area (Å²) in [7, 11) is 0. The highest BCUT2D eigenvalue weighted by atomic mass is 35.5. The Morgan fingerprint density at radius 3 is 2.75 bits per heavy atom. The Labute approximate surface area is 106 Å². The molecule has 0 aliphatic heterocycles. The van der Waals surface area contributed by atoms with Crippen molar-refractivity contribution >= 4 is 29.0 Å². The van der Waals surface area contributed by atoms with Crippen molar-refractivity contribution in [3.63, 3.8) is 0 Å². The van der Waals surface area contributed by atoms with E-state index < -0.39 is 0 Å². The predicted molar refractivity (Wildman–Crippen MR) is 69.4 cm³/mol. The zero-order valence-electron chi connectivity index (χ0n) is 9.13. The lowest BCUT2D eigenvalue weighted by atomic mass is 10.1. The average molecular weight is 259 g/mol. The van der Waals surface area contributed by atoms with Crippen LogP contribution in [0.4, 0.5) is 5.82 Å². The molecule has 1 aliphatic rings. The zero-order valence-corrected chi connectivity index (χ0v) is 10.6. The van der Waals surface area contributed by atoms with Gasteiger partial charge < -0.3 is 5.32 Å². The van der Waals surface area contributed by atoms with Crippen molar-refractivity contribution in [3.05, 3.63) is 23.4 Å². The number of anilines is 1. The largest absolute Gasteiger partial charge is 0.366 e. The molecule has 16 heavy (non-hydrogen) atoms. The number of nitrogens with one attached hydrogen (secondary N) is 1. The normalized spacial score (nSPS) is 26.1. The molecule has 2 unspecified atom stereocenters. The SMILES string of the molecule is Clc1ccc(NC2CCCCCC2Cl)nc1.